The molecule has 10 heteroatoms. The lowest BCUT2D eigenvalue weighted by molar-refractivity contribution is -0.132. The quantitative estimate of drug-likeness (QED) is 0.457. The van der Waals surface area contributed by atoms with Gasteiger partial charge in [-0.15, -0.1) is 0 Å². The summed E-state index contributed by atoms with van der Waals surface area (Å²) >= 11 is 3.27. The molecule has 1 atom stereocenters. The third-order valence-corrected chi connectivity index (χ3v) is 5.03. The fraction of sp³-hybridized carbons (Fsp3) is 0.238. The summed E-state index contributed by atoms with van der Waals surface area (Å²) in [6.07, 6.45) is -0.705. The number of halogens is 2. The minimum atomic E-state index is -0.927. The highest BCUT2D eigenvalue weighted by Crippen LogP contribution is 2.26. The smallest absolute Gasteiger partial charge is 0.279 e. The Morgan fingerprint density at radius 2 is 1.74 bits per heavy atom. The van der Waals surface area contributed by atoms with Crippen LogP contribution in [0.2, 0.25) is 0 Å². The molecule has 1 heterocycles. The first-order valence-electron chi connectivity index (χ1n) is 9.43. The highest BCUT2D eigenvalue weighted by atomic mass is 79.9. The van der Waals surface area contributed by atoms with Crippen LogP contribution in [0.1, 0.15) is 40.5 Å². The fourth-order valence-electron chi connectivity index (χ4n) is 2.93. The molecular weight excluding hydrogens is 473 g/mol. The first-order chi connectivity index (χ1) is 14.8. The van der Waals surface area contributed by atoms with E-state index in [-0.39, 0.29) is 19.4 Å². The van der Waals surface area contributed by atoms with Gasteiger partial charge in [-0.1, -0.05) is 15.9 Å². The standard InChI is InChI=1S/C21H19BrFN3O5/c1-12(31-15-7-5-14(23)6-8-15)19(28)25-24-18(27)3-2-10-26-20(29)16-9-4-13(22)11-17(16)21(26)30/h4-9,11-12H,2-3,10H2,1H3,(H,24,27)(H,25,28). The van der Waals surface area contributed by atoms with Crippen LogP contribution in [0.15, 0.2) is 46.9 Å². The number of hydrogen-bond acceptors (Lipinski definition) is 5. The predicted octanol–water partition coefficient (Wildman–Crippen LogP) is 2.58. The fourth-order valence-corrected chi connectivity index (χ4v) is 3.29. The van der Waals surface area contributed by atoms with Crippen molar-refractivity contribution >= 4 is 39.6 Å². The molecule has 0 spiro atoms. The van der Waals surface area contributed by atoms with Crippen LogP contribution in [0.3, 0.4) is 0 Å². The normalized spacial score (nSPS) is 13.6. The van der Waals surface area contributed by atoms with Crippen LogP contribution in [0.4, 0.5) is 4.39 Å². The molecule has 31 heavy (non-hydrogen) atoms. The summed E-state index contributed by atoms with van der Waals surface area (Å²) in [4.78, 5) is 49.8. The lowest BCUT2D eigenvalue weighted by Crippen LogP contribution is -2.47. The van der Waals surface area contributed by atoms with E-state index in [2.05, 4.69) is 26.8 Å². The van der Waals surface area contributed by atoms with Crippen molar-refractivity contribution in [2.24, 2.45) is 0 Å². The maximum Gasteiger partial charge on any atom is 0.279 e. The Morgan fingerprint density at radius 1 is 1.06 bits per heavy atom. The summed E-state index contributed by atoms with van der Waals surface area (Å²) in [6.45, 7) is 1.56. The third kappa shape index (κ3) is 5.46. The number of nitrogens with zero attached hydrogens (tertiary/aromatic N) is 1. The summed E-state index contributed by atoms with van der Waals surface area (Å²) in [5.74, 6) is -1.99. The SMILES string of the molecule is CC(Oc1ccc(F)cc1)C(=O)NNC(=O)CCCN1C(=O)c2ccc(Br)cc2C1=O. The number of nitrogens with one attached hydrogen (secondary N) is 2. The Morgan fingerprint density at radius 3 is 2.45 bits per heavy atom. The summed E-state index contributed by atoms with van der Waals surface area (Å²) in [5, 5.41) is 0. The van der Waals surface area contributed by atoms with Crippen LogP contribution in [0, 0.1) is 5.82 Å². The maximum atomic E-state index is 12.9. The second kappa shape index (κ2) is 9.69. The van der Waals surface area contributed by atoms with Crippen molar-refractivity contribution in [2.75, 3.05) is 6.54 Å². The molecule has 0 aromatic heterocycles. The number of benzene rings is 2. The van der Waals surface area contributed by atoms with E-state index in [0.717, 1.165) is 4.90 Å². The Kier molecular flexibility index (Phi) is 7.01. The average Bonchev–Trinajstić information content (AvgIpc) is 2.97. The van der Waals surface area contributed by atoms with Gasteiger partial charge in [0.05, 0.1) is 11.1 Å². The van der Waals surface area contributed by atoms with Gasteiger partial charge < -0.3 is 4.74 Å². The molecule has 0 bridgehead atoms. The number of hydrogen-bond donors (Lipinski definition) is 2. The van der Waals surface area contributed by atoms with Gasteiger partial charge in [-0.3, -0.25) is 34.9 Å². The van der Waals surface area contributed by atoms with E-state index < -0.39 is 35.5 Å². The van der Waals surface area contributed by atoms with Crippen LogP contribution in [-0.4, -0.2) is 41.2 Å². The van der Waals surface area contributed by atoms with Crippen molar-refractivity contribution in [1.82, 2.24) is 15.8 Å². The van der Waals surface area contributed by atoms with E-state index in [0.29, 0.717) is 21.3 Å². The van der Waals surface area contributed by atoms with E-state index in [1.165, 1.54) is 31.2 Å². The Labute approximate surface area is 185 Å². The minimum absolute atomic E-state index is 0.00935. The first-order valence-corrected chi connectivity index (χ1v) is 10.2. The topological polar surface area (TPSA) is 105 Å². The van der Waals surface area contributed by atoms with Gasteiger partial charge in [0.15, 0.2) is 6.10 Å². The monoisotopic (exact) mass is 491 g/mol. The van der Waals surface area contributed by atoms with E-state index in [9.17, 15) is 23.6 Å². The number of ether oxygens (including phenoxy) is 1. The number of carbonyl (C=O) groups is 4. The molecule has 8 nitrogen and oxygen atoms in total. The van der Waals surface area contributed by atoms with E-state index in [4.69, 9.17) is 4.74 Å². The summed E-state index contributed by atoms with van der Waals surface area (Å²) < 4.78 is 19.0. The second-order valence-electron chi connectivity index (χ2n) is 6.81. The number of carbonyl (C=O) groups excluding carboxylic acids is 4. The van der Waals surface area contributed by atoms with Crippen LogP contribution >= 0.6 is 15.9 Å². The molecule has 0 radical (unpaired) electrons. The zero-order valence-electron chi connectivity index (χ0n) is 16.5. The number of hydrazine groups is 1. The van der Waals surface area contributed by atoms with Gasteiger partial charge in [0.1, 0.15) is 11.6 Å². The lowest BCUT2D eigenvalue weighted by Gasteiger charge is -2.16. The Hall–Kier alpha value is -3.27. The molecule has 0 fully saturated rings. The minimum Gasteiger partial charge on any atom is -0.481 e. The molecule has 2 aromatic rings. The van der Waals surface area contributed by atoms with E-state index in [1.807, 2.05) is 0 Å². The van der Waals surface area contributed by atoms with Gasteiger partial charge >= 0.3 is 0 Å². The van der Waals surface area contributed by atoms with Crippen molar-refractivity contribution in [2.45, 2.75) is 25.9 Å². The molecule has 1 aliphatic rings. The van der Waals surface area contributed by atoms with Crippen molar-refractivity contribution < 1.29 is 28.3 Å². The second-order valence-corrected chi connectivity index (χ2v) is 7.72. The Balaban J connectivity index is 1.40. The van der Waals surface area contributed by atoms with Crippen molar-refractivity contribution in [3.63, 3.8) is 0 Å². The van der Waals surface area contributed by atoms with Crippen molar-refractivity contribution in [1.29, 1.82) is 0 Å². The van der Waals surface area contributed by atoms with E-state index in [1.54, 1.807) is 18.2 Å². The molecule has 0 saturated carbocycles. The van der Waals surface area contributed by atoms with Crippen LogP contribution < -0.4 is 15.6 Å². The number of rotatable bonds is 7. The molecule has 162 valence electrons. The van der Waals surface area contributed by atoms with Gasteiger partial charge in [0.2, 0.25) is 5.91 Å². The molecule has 1 unspecified atom stereocenters. The number of amides is 4. The zero-order chi connectivity index (χ0) is 22.5. The molecular formula is C21H19BrFN3O5. The van der Waals surface area contributed by atoms with Gasteiger partial charge in [0, 0.05) is 17.4 Å². The first kappa shape index (κ1) is 22.4. The van der Waals surface area contributed by atoms with Crippen LogP contribution in [0.5, 0.6) is 5.75 Å². The zero-order valence-corrected chi connectivity index (χ0v) is 18.1. The molecule has 0 saturated heterocycles. The van der Waals surface area contributed by atoms with Gasteiger partial charge in [-0.25, -0.2) is 4.39 Å². The molecule has 4 amide bonds. The largest absolute Gasteiger partial charge is 0.481 e. The average molecular weight is 492 g/mol. The van der Waals surface area contributed by atoms with Gasteiger partial charge in [-0.2, -0.15) is 0 Å². The molecule has 2 N–H and O–H groups in total. The van der Waals surface area contributed by atoms with E-state index >= 15 is 0 Å². The number of fused-ring (bicyclic) bond motifs is 1. The summed E-state index contributed by atoms with van der Waals surface area (Å²) in [7, 11) is 0. The van der Waals surface area contributed by atoms with Crippen LogP contribution in [0.25, 0.3) is 0 Å². The maximum absolute atomic E-state index is 12.9. The van der Waals surface area contributed by atoms with Gasteiger partial charge in [0.25, 0.3) is 17.7 Å². The Bertz CT molecular complexity index is 1030. The number of imide groups is 1. The molecule has 1 aliphatic heterocycles. The summed E-state index contributed by atoms with van der Waals surface area (Å²) in [6, 6.07) is 10.0. The lowest BCUT2D eigenvalue weighted by atomic mass is 10.1. The molecule has 2 aromatic carbocycles. The third-order valence-electron chi connectivity index (χ3n) is 4.54. The van der Waals surface area contributed by atoms with Crippen molar-refractivity contribution in [3.05, 3.63) is 63.9 Å². The highest BCUT2D eigenvalue weighted by molar-refractivity contribution is 9.10. The molecule has 0 aliphatic carbocycles. The molecule has 3 rings (SSSR count). The van der Waals surface area contributed by atoms with Crippen molar-refractivity contribution in [3.8, 4) is 5.75 Å². The predicted molar refractivity (Wildman–Crippen MR) is 112 cm³/mol. The van der Waals surface area contributed by atoms with Crippen LogP contribution in [-0.2, 0) is 9.59 Å². The summed E-state index contributed by atoms with van der Waals surface area (Å²) in [5.41, 5.74) is 5.16. The van der Waals surface area contributed by atoms with Gasteiger partial charge in [-0.05, 0) is 55.8 Å². The highest BCUT2D eigenvalue weighted by Gasteiger charge is 2.35.